The highest BCUT2D eigenvalue weighted by Gasteiger charge is 2.32. The molecule has 9 heteroatoms. The number of rotatable bonds is 8. The van der Waals surface area contributed by atoms with Gasteiger partial charge in [0.15, 0.2) is 11.6 Å². The topological polar surface area (TPSA) is 113 Å². The van der Waals surface area contributed by atoms with Gasteiger partial charge in [0.25, 0.3) is 5.91 Å². The second-order valence-corrected chi connectivity index (χ2v) is 10.9. The smallest absolute Gasteiger partial charge is 0.410 e. The maximum Gasteiger partial charge on any atom is 0.410 e. The van der Waals surface area contributed by atoms with Crippen LogP contribution in [0.5, 0.6) is 0 Å². The lowest BCUT2D eigenvalue weighted by molar-refractivity contribution is -0.124. The number of carbonyl (C=O) groups is 5. The first-order valence-corrected chi connectivity index (χ1v) is 13.1. The van der Waals surface area contributed by atoms with Crippen LogP contribution < -0.4 is 10.2 Å². The standard InChI is InChI=1S/C30H37N3O6/c1-19(32(6)29(38)39-30(3,4)5)26(35)13-9-10-23-18-33(25-12-8-7-11-24(25)31-27(23)36)28(37)22-16-14-21(15-17-22)20(2)34/h7-8,11-12,14-17,19,23H,9-10,13,18H2,1-6H3,(H,31,36). The summed E-state index contributed by atoms with van der Waals surface area (Å²) < 4.78 is 5.35. The van der Waals surface area contributed by atoms with Crippen molar-refractivity contribution in [3.05, 3.63) is 59.7 Å². The van der Waals surface area contributed by atoms with Crippen LogP contribution in [-0.2, 0) is 14.3 Å². The Hall–Kier alpha value is -4.01. The molecule has 0 fully saturated rings. The highest BCUT2D eigenvalue weighted by atomic mass is 16.6. The number of para-hydroxylation sites is 2. The maximum absolute atomic E-state index is 13.6. The zero-order valence-electron chi connectivity index (χ0n) is 23.4. The van der Waals surface area contributed by atoms with E-state index in [4.69, 9.17) is 4.74 Å². The molecule has 0 saturated heterocycles. The highest BCUT2D eigenvalue weighted by Crippen LogP contribution is 2.32. The molecule has 1 heterocycles. The van der Waals surface area contributed by atoms with Gasteiger partial charge in [-0.15, -0.1) is 0 Å². The number of ether oxygens (including phenoxy) is 1. The number of benzene rings is 2. The molecule has 1 aliphatic heterocycles. The van der Waals surface area contributed by atoms with Crippen molar-refractivity contribution in [2.24, 2.45) is 5.92 Å². The molecule has 3 amide bonds. The fourth-order valence-corrected chi connectivity index (χ4v) is 4.31. The average Bonchev–Trinajstić information content (AvgIpc) is 3.02. The van der Waals surface area contributed by atoms with Gasteiger partial charge in [0.1, 0.15) is 5.60 Å². The van der Waals surface area contributed by atoms with Crippen molar-refractivity contribution in [3.8, 4) is 0 Å². The molecule has 2 unspecified atom stereocenters. The first-order chi connectivity index (χ1) is 18.3. The third-order valence-electron chi connectivity index (χ3n) is 6.71. The van der Waals surface area contributed by atoms with E-state index in [-0.39, 0.29) is 36.3 Å². The van der Waals surface area contributed by atoms with Gasteiger partial charge in [0.05, 0.1) is 23.3 Å². The molecule has 0 radical (unpaired) electrons. The van der Waals surface area contributed by atoms with Crippen LogP contribution in [0.25, 0.3) is 0 Å². The summed E-state index contributed by atoms with van der Waals surface area (Å²) in [6.45, 7) is 8.53. The third-order valence-corrected chi connectivity index (χ3v) is 6.71. The zero-order chi connectivity index (χ0) is 28.9. The lowest BCUT2D eigenvalue weighted by Gasteiger charge is -2.28. The minimum Gasteiger partial charge on any atom is -0.444 e. The van der Waals surface area contributed by atoms with E-state index in [9.17, 15) is 24.0 Å². The predicted molar refractivity (Wildman–Crippen MR) is 149 cm³/mol. The van der Waals surface area contributed by atoms with E-state index in [1.807, 2.05) is 0 Å². The summed E-state index contributed by atoms with van der Waals surface area (Å²) in [5.74, 6) is -1.30. The number of amides is 3. The minimum atomic E-state index is -0.678. The van der Waals surface area contributed by atoms with E-state index in [1.54, 1.807) is 81.1 Å². The van der Waals surface area contributed by atoms with Crippen LogP contribution in [0.2, 0.25) is 0 Å². The highest BCUT2D eigenvalue weighted by molar-refractivity contribution is 6.11. The van der Waals surface area contributed by atoms with Crippen molar-refractivity contribution < 1.29 is 28.7 Å². The van der Waals surface area contributed by atoms with Gasteiger partial charge in [0, 0.05) is 31.1 Å². The molecule has 39 heavy (non-hydrogen) atoms. The van der Waals surface area contributed by atoms with Gasteiger partial charge in [-0.2, -0.15) is 0 Å². The normalized spacial score (nSPS) is 15.9. The zero-order valence-corrected chi connectivity index (χ0v) is 23.4. The van der Waals surface area contributed by atoms with Gasteiger partial charge in [0.2, 0.25) is 5.91 Å². The molecule has 0 saturated carbocycles. The second kappa shape index (κ2) is 12.2. The van der Waals surface area contributed by atoms with Crippen molar-refractivity contribution in [2.45, 2.75) is 65.5 Å². The van der Waals surface area contributed by atoms with E-state index >= 15 is 0 Å². The van der Waals surface area contributed by atoms with Gasteiger partial charge in [-0.3, -0.25) is 19.2 Å². The number of hydrogen-bond donors (Lipinski definition) is 1. The van der Waals surface area contributed by atoms with Gasteiger partial charge < -0.3 is 19.9 Å². The maximum atomic E-state index is 13.6. The van der Waals surface area contributed by atoms with Crippen LogP contribution in [0.15, 0.2) is 48.5 Å². The summed E-state index contributed by atoms with van der Waals surface area (Å²) in [4.78, 5) is 66.3. The Balaban J connectivity index is 1.70. The third kappa shape index (κ3) is 7.52. The van der Waals surface area contributed by atoms with Gasteiger partial charge >= 0.3 is 6.09 Å². The molecule has 2 aromatic rings. The molecule has 0 aromatic heterocycles. The molecule has 2 atom stereocenters. The lowest BCUT2D eigenvalue weighted by atomic mass is 9.97. The van der Waals surface area contributed by atoms with E-state index in [1.165, 1.54) is 18.9 Å². The Morgan fingerprint density at radius 2 is 1.67 bits per heavy atom. The summed E-state index contributed by atoms with van der Waals surface area (Å²) in [6, 6.07) is 12.9. The van der Waals surface area contributed by atoms with Gasteiger partial charge in [-0.05, 0) is 71.7 Å². The van der Waals surface area contributed by atoms with Crippen LogP contribution in [-0.4, -0.2) is 59.6 Å². The number of nitrogens with one attached hydrogen (secondary N) is 1. The Morgan fingerprint density at radius 1 is 1.05 bits per heavy atom. The first kappa shape index (κ1) is 29.5. The molecule has 0 spiro atoms. The molecule has 3 rings (SSSR count). The number of likely N-dealkylation sites (N-methyl/N-ethyl adjacent to an activating group) is 1. The molecule has 1 aliphatic rings. The summed E-state index contributed by atoms with van der Waals surface area (Å²) in [5, 5.41) is 2.92. The van der Waals surface area contributed by atoms with Crippen molar-refractivity contribution >= 4 is 40.8 Å². The molecule has 2 aromatic carbocycles. The van der Waals surface area contributed by atoms with Crippen molar-refractivity contribution in [3.63, 3.8) is 0 Å². The number of hydrogen-bond acceptors (Lipinski definition) is 6. The SMILES string of the molecule is CC(=O)c1ccc(C(=O)N2CC(CCCC(=O)C(C)N(C)C(=O)OC(C)(C)C)C(=O)Nc3ccccc32)cc1. The van der Waals surface area contributed by atoms with E-state index in [0.717, 1.165) is 0 Å². The van der Waals surface area contributed by atoms with Crippen LogP contribution in [0.3, 0.4) is 0 Å². The molecule has 9 nitrogen and oxygen atoms in total. The fourth-order valence-electron chi connectivity index (χ4n) is 4.31. The second-order valence-electron chi connectivity index (χ2n) is 10.9. The molecule has 208 valence electrons. The molecule has 0 bridgehead atoms. The summed E-state index contributed by atoms with van der Waals surface area (Å²) in [5.41, 5.74) is 1.35. The molecular weight excluding hydrogens is 498 g/mol. The summed E-state index contributed by atoms with van der Waals surface area (Å²) in [6.07, 6.45) is 0.386. The number of anilines is 2. The van der Waals surface area contributed by atoms with Crippen molar-refractivity contribution in [2.75, 3.05) is 23.8 Å². The van der Waals surface area contributed by atoms with Crippen molar-refractivity contribution in [1.82, 2.24) is 4.90 Å². The number of nitrogens with zero attached hydrogens (tertiary/aromatic N) is 2. The Morgan fingerprint density at radius 3 is 2.28 bits per heavy atom. The number of ketones is 2. The van der Waals surface area contributed by atoms with Crippen LogP contribution >= 0.6 is 0 Å². The Kier molecular flexibility index (Phi) is 9.27. The summed E-state index contributed by atoms with van der Waals surface area (Å²) in [7, 11) is 1.53. The Labute approximate surface area is 229 Å². The number of Topliss-reactive ketones (excluding diaryl/α,β-unsaturated/α-hetero) is 2. The van der Waals surface area contributed by atoms with Gasteiger partial charge in [-0.1, -0.05) is 24.3 Å². The number of carbonyl (C=O) groups excluding carboxylic acids is 5. The van der Waals surface area contributed by atoms with Crippen LogP contribution in [0, 0.1) is 5.92 Å². The lowest BCUT2D eigenvalue weighted by Crippen LogP contribution is -2.43. The van der Waals surface area contributed by atoms with Crippen LogP contribution in [0.4, 0.5) is 16.2 Å². The van der Waals surface area contributed by atoms with Crippen molar-refractivity contribution in [1.29, 1.82) is 0 Å². The fraction of sp³-hybridized carbons (Fsp3) is 0.433. The minimum absolute atomic E-state index is 0.0925. The largest absolute Gasteiger partial charge is 0.444 e. The molecular formula is C30H37N3O6. The van der Waals surface area contributed by atoms with Gasteiger partial charge in [-0.25, -0.2) is 4.79 Å². The predicted octanol–water partition coefficient (Wildman–Crippen LogP) is 5.10. The molecule has 0 aliphatic carbocycles. The summed E-state index contributed by atoms with van der Waals surface area (Å²) >= 11 is 0. The van der Waals surface area contributed by atoms with E-state index in [0.29, 0.717) is 35.3 Å². The Bertz CT molecular complexity index is 1250. The number of fused-ring (bicyclic) bond motifs is 1. The molecule has 1 N–H and O–H groups in total. The average molecular weight is 536 g/mol. The van der Waals surface area contributed by atoms with E-state index in [2.05, 4.69) is 5.32 Å². The van der Waals surface area contributed by atoms with E-state index < -0.39 is 23.7 Å². The van der Waals surface area contributed by atoms with Crippen LogP contribution in [0.1, 0.15) is 74.6 Å². The monoisotopic (exact) mass is 535 g/mol. The first-order valence-electron chi connectivity index (χ1n) is 13.1. The quantitative estimate of drug-likeness (QED) is 0.471.